The van der Waals surface area contributed by atoms with E-state index >= 15 is 0 Å². The number of aromatic nitrogens is 2. The van der Waals surface area contributed by atoms with Crippen molar-refractivity contribution in [3.05, 3.63) is 109 Å². The number of nitrogens with zero attached hydrogens (tertiary/aromatic N) is 2. The van der Waals surface area contributed by atoms with Crippen LogP contribution >= 0.6 is 27.3 Å². The molecule has 0 fully saturated rings. The fraction of sp³-hybridized carbons (Fsp3) is 0.179. The first-order valence-electron chi connectivity index (χ1n) is 11.7. The fourth-order valence-corrected chi connectivity index (χ4v) is 6.68. The van der Waals surface area contributed by atoms with Crippen LogP contribution in [0.3, 0.4) is 0 Å². The van der Waals surface area contributed by atoms with Crippen LogP contribution in [-0.2, 0) is 4.79 Å². The zero-order chi connectivity index (χ0) is 25.0. The maximum absolute atomic E-state index is 13.7. The maximum Gasteiger partial charge on any atom is 0.337 e. The van der Waals surface area contributed by atoms with E-state index in [4.69, 9.17) is 5.10 Å². The van der Waals surface area contributed by atoms with E-state index < -0.39 is 5.97 Å². The third-order valence-corrected chi connectivity index (χ3v) is 8.48. The molecule has 0 saturated heterocycles. The molecule has 180 valence electrons. The van der Waals surface area contributed by atoms with E-state index in [-0.39, 0.29) is 23.2 Å². The van der Waals surface area contributed by atoms with E-state index in [0.29, 0.717) is 24.3 Å². The van der Waals surface area contributed by atoms with Crippen molar-refractivity contribution >= 4 is 44.8 Å². The molecular weight excluding hydrogens is 538 g/mol. The Morgan fingerprint density at radius 1 is 1.14 bits per heavy atom. The number of ketones is 1. The van der Waals surface area contributed by atoms with Gasteiger partial charge in [0.05, 0.1) is 16.9 Å². The quantitative estimate of drug-likeness (QED) is 0.292. The Kier molecular flexibility index (Phi) is 5.65. The van der Waals surface area contributed by atoms with Gasteiger partial charge in [-0.3, -0.25) is 4.79 Å². The second-order valence-electron chi connectivity index (χ2n) is 9.13. The average molecular weight is 560 g/mol. The Morgan fingerprint density at radius 2 is 1.97 bits per heavy atom. The predicted octanol–water partition coefficient (Wildman–Crippen LogP) is 6.66. The highest BCUT2D eigenvalue weighted by Gasteiger charge is 2.41. The van der Waals surface area contributed by atoms with Crippen LogP contribution in [0, 0.1) is 6.92 Å². The summed E-state index contributed by atoms with van der Waals surface area (Å²) in [6, 6.07) is 19.0. The summed E-state index contributed by atoms with van der Waals surface area (Å²) in [6.07, 6.45) is 1.17. The normalized spacial score (nSPS) is 19.0. The Hall–Kier alpha value is -3.49. The van der Waals surface area contributed by atoms with Gasteiger partial charge in [-0.15, -0.1) is 11.3 Å². The molecule has 6 nitrogen and oxygen atoms in total. The van der Waals surface area contributed by atoms with Crippen molar-refractivity contribution in [2.24, 2.45) is 0 Å². The van der Waals surface area contributed by atoms with Gasteiger partial charge in [0, 0.05) is 44.4 Å². The van der Waals surface area contributed by atoms with Gasteiger partial charge in [-0.25, -0.2) is 9.48 Å². The molecule has 0 amide bonds. The molecule has 1 aliphatic heterocycles. The molecule has 0 bridgehead atoms. The highest BCUT2D eigenvalue weighted by molar-refractivity contribution is 9.10. The Labute approximate surface area is 220 Å². The van der Waals surface area contributed by atoms with E-state index in [2.05, 4.69) is 27.3 Å². The number of nitrogens with one attached hydrogen (secondary N) is 1. The summed E-state index contributed by atoms with van der Waals surface area (Å²) in [5.41, 5.74) is 4.96. The molecule has 1 aliphatic carbocycles. The number of anilines is 1. The molecule has 6 rings (SSSR count). The van der Waals surface area contributed by atoms with E-state index in [1.807, 2.05) is 42.6 Å². The summed E-state index contributed by atoms with van der Waals surface area (Å²) in [5.74, 6) is -0.355. The topological polar surface area (TPSA) is 84.2 Å². The molecule has 0 unspecified atom stereocenters. The van der Waals surface area contributed by atoms with Gasteiger partial charge in [0.1, 0.15) is 5.82 Å². The first-order chi connectivity index (χ1) is 17.4. The van der Waals surface area contributed by atoms with E-state index in [1.54, 1.807) is 40.3 Å². The molecular formula is C28H22BrN3O3S. The fourth-order valence-electron chi connectivity index (χ4n) is 5.43. The minimum absolute atomic E-state index is 0.109. The molecule has 2 aliphatic rings. The molecule has 2 N–H and O–H groups in total. The molecule has 0 radical (unpaired) electrons. The first kappa shape index (κ1) is 22.9. The van der Waals surface area contributed by atoms with Crippen LogP contribution in [0.1, 0.15) is 56.7 Å². The number of fused-ring (bicyclic) bond motifs is 1. The number of allylic oxidation sites excluding steroid dienone is 2. The van der Waals surface area contributed by atoms with Crippen LogP contribution in [0.25, 0.3) is 5.69 Å². The number of rotatable bonds is 4. The molecule has 4 aromatic rings. The van der Waals surface area contributed by atoms with Crippen molar-refractivity contribution < 1.29 is 14.7 Å². The summed E-state index contributed by atoms with van der Waals surface area (Å²) >= 11 is 5.27. The number of hydrogen-bond acceptors (Lipinski definition) is 5. The number of carboxylic acids is 1. The number of carbonyl (C=O) groups is 2. The van der Waals surface area contributed by atoms with Crippen LogP contribution < -0.4 is 5.32 Å². The van der Waals surface area contributed by atoms with Crippen LogP contribution in [0.5, 0.6) is 0 Å². The number of para-hydroxylation sites is 1. The SMILES string of the molecule is Cc1nn(-c2ccccc2C(=O)O)c2c1[C@H](c1cccc(Br)c1)C1=C(C[C@@H](c3cccs3)CC1=O)N2. The number of carboxylic acid groups (broad SMARTS) is 1. The van der Waals surface area contributed by atoms with Crippen molar-refractivity contribution in [1.29, 1.82) is 0 Å². The smallest absolute Gasteiger partial charge is 0.337 e. The largest absolute Gasteiger partial charge is 0.478 e. The second kappa shape index (κ2) is 8.87. The third kappa shape index (κ3) is 3.72. The maximum atomic E-state index is 13.7. The third-order valence-electron chi connectivity index (χ3n) is 6.95. The minimum atomic E-state index is -1.02. The summed E-state index contributed by atoms with van der Waals surface area (Å²) < 4.78 is 2.62. The van der Waals surface area contributed by atoms with Gasteiger partial charge < -0.3 is 10.4 Å². The summed E-state index contributed by atoms with van der Waals surface area (Å²) in [5, 5.41) is 20.2. The van der Waals surface area contributed by atoms with Gasteiger partial charge >= 0.3 is 5.97 Å². The molecule has 2 aromatic carbocycles. The second-order valence-corrected chi connectivity index (χ2v) is 11.0. The number of aromatic carboxylic acids is 1. The standard InChI is InChI=1S/C28H22BrN3O3S/c1-15-24-25(16-6-4-7-18(29)12-16)26-20(13-17(14-22(26)33)23-10-5-11-36-23)30-27(24)32(31-15)21-9-3-2-8-19(21)28(34)35/h2-12,17,25,30H,13-14H2,1H3,(H,34,35)/t17-,25+/m1/s1. The van der Waals surface area contributed by atoms with Crippen molar-refractivity contribution in [2.75, 3.05) is 5.32 Å². The monoisotopic (exact) mass is 559 g/mol. The highest BCUT2D eigenvalue weighted by atomic mass is 79.9. The number of benzene rings is 2. The Bertz CT molecular complexity index is 1550. The summed E-state index contributed by atoms with van der Waals surface area (Å²) in [6.45, 7) is 1.92. The van der Waals surface area contributed by atoms with Crippen LogP contribution in [0.15, 0.2) is 81.8 Å². The number of thiophene rings is 1. The van der Waals surface area contributed by atoms with Gasteiger partial charge in [0.25, 0.3) is 0 Å². The van der Waals surface area contributed by atoms with Crippen LogP contribution in [0.4, 0.5) is 5.82 Å². The number of halogens is 1. The summed E-state index contributed by atoms with van der Waals surface area (Å²) in [4.78, 5) is 26.9. The molecule has 36 heavy (non-hydrogen) atoms. The number of Topliss-reactive ketones (excluding diaryl/α,β-unsaturated/α-hetero) is 1. The first-order valence-corrected chi connectivity index (χ1v) is 13.3. The van der Waals surface area contributed by atoms with Gasteiger partial charge in [-0.05, 0) is 54.6 Å². The molecule has 0 spiro atoms. The van der Waals surface area contributed by atoms with Crippen molar-refractivity contribution in [3.63, 3.8) is 0 Å². The Morgan fingerprint density at radius 3 is 2.72 bits per heavy atom. The predicted molar refractivity (Wildman–Crippen MR) is 143 cm³/mol. The zero-order valence-electron chi connectivity index (χ0n) is 19.4. The van der Waals surface area contributed by atoms with Gasteiger partial charge in [0.15, 0.2) is 5.78 Å². The lowest BCUT2D eigenvalue weighted by Gasteiger charge is -2.35. The van der Waals surface area contributed by atoms with E-state index in [9.17, 15) is 14.7 Å². The van der Waals surface area contributed by atoms with E-state index in [1.165, 1.54) is 4.88 Å². The number of carbonyl (C=O) groups excluding carboxylic acids is 1. The van der Waals surface area contributed by atoms with Crippen molar-refractivity contribution in [2.45, 2.75) is 31.6 Å². The lowest BCUT2D eigenvalue weighted by molar-refractivity contribution is -0.116. The Balaban J connectivity index is 1.57. The summed E-state index contributed by atoms with van der Waals surface area (Å²) in [7, 11) is 0. The molecule has 2 atom stereocenters. The van der Waals surface area contributed by atoms with Crippen LogP contribution in [-0.4, -0.2) is 26.6 Å². The van der Waals surface area contributed by atoms with Gasteiger partial charge in [-0.2, -0.15) is 5.10 Å². The van der Waals surface area contributed by atoms with Gasteiger partial charge in [-0.1, -0.05) is 46.3 Å². The average Bonchev–Trinajstić information content (AvgIpc) is 3.51. The van der Waals surface area contributed by atoms with Gasteiger partial charge in [0.2, 0.25) is 0 Å². The van der Waals surface area contributed by atoms with E-state index in [0.717, 1.165) is 32.6 Å². The lowest BCUT2D eigenvalue weighted by atomic mass is 9.73. The van der Waals surface area contributed by atoms with Crippen molar-refractivity contribution in [3.8, 4) is 5.69 Å². The highest BCUT2D eigenvalue weighted by Crippen LogP contribution is 2.50. The zero-order valence-corrected chi connectivity index (χ0v) is 21.8. The molecule has 3 heterocycles. The number of hydrogen-bond donors (Lipinski definition) is 2. The lowest BCUT2D eigenvalue weighted by Crippen LogP contribution is -2.30. The molecule has 0 saturated carbocycles. The van der Waals surface area contributed by atoms with Crippen LogP contribution in [0.2, 0.25) is 0 Å². The molecule has 8 heteroatoms. The molecule has 2 aromatic heterocycles. The number of aryl methyl sites for hydroxylation is 1. The minimum Gasteiger partial charge on any atom is -0.478 e. The van der Waals surface area contributed by atoms with Crippen molar-refractivity contribution in [1.82, 2.24) is 9.78 Å².